The third-order valence-electron chi connectivity index (χ3n) is 8.88. The van der Waals surface area contributed by atoms with Crippen LogP contribution in [0.4, 0.5) is 0 Å². The van der Waals surface area contributed by atoms with Crippen LogP contribution in [0.2, 0.25) is 0 Å². The first-order chi connectivity index (χ1) is 16.0. The standard InChI is InChI=1S/C28H33N3O2/c1-28-17-23-22(15-18-9-5-4-6-10-18)30(2)25(28)13-8-14-26(28)31(23)27(32)21-16-19-20(29-21)11-7-12-24(19)33-3/h4-7,9-12,16,22-23,25-26,29H,8,13-15,17H2,1-3H3/t22-,23+,25-,26+,28-/m1/s1. The molecule has 0 spiro atoms. The second kappa shape index (κ2) is 7.63. The zero-order valence-corrected chi connectivity index (χ0v) is 19.8. The first-order valence-electron chi connectivity index (χ1n) is 12.3. The van der Waals surface area contributed by atoms with Crippen LogP contribution in [0.1, 0.15) is 48.7 Å². The number of fused-ring (bicyclic) bond motifs is 2. The van der Waals surface area contributed by atoms with E-state index in [1.54, 1.807) is 7.11 Å². The lowest BCUT2D eigenvalue weighted by Crippen LogP contribution is -2.59. The van der Waals surface area contributed by atoms with Crippen molar-refractivity contribution in [1.29, 1.82) is 0 Å². The Bertz CT molecular complexity index is 1190. The Labute approximate surface area is 195 Å². The number of nitrogens with zero attached hydrogens (tertiary/aromatic N) is 2. The van der Waals surface area contributed by atoms with Crippen molar-refractivity contribution in [1.82, 2.24) is 14.8 Å². The summed E-state index contributed by atoms with van der Waals surface area (Å²) < 4.78 is 5.54. The normalized spacial score (nSPS) is 31.2. The fourth-order valence-corrected chi connectivity index (χ4v) is 7.38. The summed E-state index contributed by atoms with van der Waals surface area (Å²) in [6.07, 6.45) is 5.59. The molecule has 0 radical (unpaired) electrons. The summed E-state index contributed by atoms with van der Waals surface area (Å²) >= 11 is 0. The first kappa shape index (κ1) is 20.8. The van der Waals surface area contributed by atoms with Crippen LogP contribution in [0.15, 0.2) is 54.6 Å². The number of likely N-dealkylation sites (tertiary alicyclic amines) is 2. The van der Waals surface area contributed by atoms with Gasteiger partial charge >= 0.3 is 0 Å². The number of likely N-dealkylation sites (N-methyl/N-ethyl adjacent to an activating group) is 1. The maximum Gasteiger partial charge on any atom is 0.270 e. The molecular formula is C28H33N3O2. The van der Waals surface area contributed by atoms with Crippen LogP contribution in [-0.2, 0) is 6.42 Å². The van der Waals surface area contributed by atoms with Gasteiger partial charge < -0.3 is 14.6 Å². The number of methoxy groups -OCH3 is 1. The molecular weight excluding hydrogens is 410 g/mol. The van der Waals surface area contributed by atoms with Crippen molar-refractivity contribution >= 4 is 16.8 Å². The summed E-state index contributed by atoms with van der Waals surface area (Å²) in [5.41, 5.74) is 3.13. The number of aromatic amines is 1. The average Bonchev–Trinajstić information content (AvgIpc) is 3.40. The second-order valence-corrected chi connectivity index (χ2v) is 10.5. The minimum absolute atomic E-state index is 0.140. The van der Waals surface area contributed by atoms with E-state index in [9.17, 15) is 4.79 Å². The lowest BCUT2D eigenvalue weighted by atomic mass is 9.64. The molecule has 6 rings (SSSR count). The van der Waals surface area contributed by atoms with E-state index in [0.29, 0.717) is 23.8 Å². The molecule has 5 heteroatoms. The van der Waals surface area contributed by atoms with Crippen LogP contribution in [0.3, 0.4) is 0 Å². The molecule has 2 aliphatic heterocycles. The Morgan fingerprint density at radius 2 is 1.91 bits per heavy atom. The largest absolute Gasteiger partial charge is 0.496 e. The molecule has 0 unspecified atom stereocenters. The van der Waals surface area contributed by atoms with E-state index in [1.807, 2.05) is 24.3 Å². The number of H-pyrrole nitrogens is 1. The molecule has 2 aromatic carbocycles. The van der Waals surface area contributed by atoms with Crippen LogP contribution in [0.5, 0.6) is 5.75 Å². The summed E-state index contributed by atoms with van der Waals surface area (Å²) in [5, 5.41) is 0.969. The minimum atomic E-state index is 0.140. The van der Waals surface area contributed by atoms with E-state index in [2.05, 4.69) is 59.1 Å². The number of nitrogens with one attached hydrogen (secondary N) is 1. The molecule has 1 aromatic heterocycles. The number of ether oxygens (including phenoxy) is 1. The van der Waals surface area contributed by atoms with Crippen molar-refractivity contribution in [3.63, 3.8) is 0 Å². The van der Waals surface area contributed by atoms with Gasteiger partial charge in [0.15, 0.2) is 0 Å². The van der Waals surface area contributed by atoms with Crippen molar-refractivity contribution in [3.05, 3.63) is 65.9 Å². The number of piperidine rings is 1. The zero-order valence-electron chi connectivity index (χ0n) is 19.8. The quantitative estimate of drug-likeness (QED) is 0.626. The Morgan fingerprint density at radius 3 is 2.70 bits per heavy atom. The minimum Gasteiger partial charge on any atom is -0.496 e. The van der Waals surface area contributed by atoms with Gasteiger partial charge in [0, 0.05) is 40.5 Å². The Morgan fingerprint density at radius 1 is 1.12 bits per heavy atom. The number of hydrogen-bond acceptors (Lipinski definition) is 3. The first-order valence-corrected chi connectivity index (χ1v) is 12.3. The fourth-order valence-electron chi connectivity index (χ4n) is 7.38. The van der Waals surface area contributed by atoms with Gasteiger partial charge in [-0.05, 0) is 62.9 Å². The lowest BCUT2D eigenvalue weighted by Gasteiger charge is -2.51. The monoisotopic (exact) mass is 443 g/mol. The molecule has 1 N–H and O–H groups in total. The number of hydrogen-bond donors (Lipinski definition) is 1. The summed E-state index contributed by atoms with van der Waals surface area (Å²) in [5.74, 6) is 0.940. The summed E-state index contributed by atoms with van der Waals surface area (Å²) in [6.45, 7) is 2.44. The molecule has 3 heterocycles. The average molecular weight is 444 g/mol. The Kier molecular flexibility index (Phi) is 4.80. The maximum absolute atomic E-state index is 14.1. The number of rotatable bonds is 4. The van der Waals surface area contributed by atoms with E-state index in [4.69, 9.17) is 4.74 Å². The van der Waals surface area contributed by atoms with Gasteiger partial charge in [0.05, 0.1) is 7.11 Å². The van der Waals surface area contributed by atoms with Crippen LogP contribution < -0.4 is 4.74 Å². The predicted octanol–water partition coefficient (Wildman–Crippen LogP) is 4.88. The van der Waals surface area contributed by atoms with E-state index >= 15 is 0 Å². The molecule has 3 aliphatic rings. The van der Waals surface area contributed by atoms with Crippen molar-refractivity contribution < 1.29 is 9.53 Å². The number of carbonyl (C=O) groups is 1. The maximum atomic E-state index is 14.1. The van der Waals surface area contributed by atoms with Gasteiger partial charge in [-0.1, -0.05) is 43.3 Å². The highest BCUT2D eigenvalue weighted by atomic mass is 16.5. The van der Waals surface area contributed by atoms with E-state index in [-0.39, 0.29) is 17.4 Å². The molecule has 2 saturated heterocycles. The molecule has 33 heavy (non-hydrogen) atoms. The fraction of sp³-hybridized carbons (Fsp3) is 0.464. The van der Waals surface area contributed by atoms with Crippen molar-refractivity contribution in [3.8, 4) is 5.75 Å². The molecule has 3 aromatic rings. The number of aromatic nitrogens is 1. The number of amides is 1. The highest BCUT2D eigenvalue weighted by molar-refractivity contribution is 6.00. The van der Waals surface area contributed by atoms with Gasteiger partial charge in [0.25, 0.3) is 5.91 Å². The molecule has 1 amide bonds. The topological polar surface area (TPSA) is 48.6 Å². The van der Waals surface area contributed by atoms with Gasteiger partial charge in [0.2, 0.25) is 0 Å². The van der Waals surface area contributed by atoms with Gasteiger partial charge in [0.1, 0.15) is 11.4 Å². The molecule has 1 saturated carbocycles. The molecule has 5 atom stereocenters. The van der Waals surface area contributed by atoms with E-state index < -0.39 is 0 Å². The van der Waals surface area contributed by atoms with Gasteiger partial charge in [-0.25, -0.2) is 0 Å². The van der Waals surface area contributed by atoms with Gasteiger partial charge in [-0.2, -0.15) is 0 Å². The molecule has 172 valence electrons. The van der Waals surface area contributed by atoms with E-state index in [0.717, 1.165) is 35.9 Å². The SMILES string of the molecule is COc1cccc2[nH]c(C(=O)N3[C@H]4CCC[C@H]5N(C)[C@H](Cc6ccccc6)[C@@H]3C[C@@]45C)cc12. The van der Waals surface area contributed by atoms with Crippen LogP contribution in [-0.4, -0.2) is 59.0 Å². The van der Waals surface area contributed by atoms with Crippen LogP contribution in [0, 0.1) is 5.41 Å². The summed E-state index contributed by atoms with van der Waals surface area (Å²) in [7, 11) is 3.98. The molecule has 3 fully saturated rings. The lowest BCUT2D eigenvalue weighted by molar-refractivity contribution is -0.00397. The smallest absolute Gasteiger partial charge is 0.270 e. The Hall–Kier alpha value is -2.79. The number of benzene rings is 2. The summed E-state index contributed by atoms with van der Waals surface area (Å²) in [4.78, 5) is 22.4. The van der Waals surface area contributed by atoms with Crippen LogP contribution >= 0.6 is 0 Å². The third-order valence-corrected chi connectivity index (χ3v) is 8.88. The van der Waals surface area contributed by atoms with Crippen LogP contribution in [0.25, 0.3) is 10.9 Å². The molecule has 5 nitrogen and oxygen atoms in total. The Balaban J connectivity index is 1.41. The zero-order chi connectivity index (χ0) is 22.7. The highest BCUT2D eigenvalue weighted by Crippen LogP contribution is 2.56. The van der Waals surface area contributed by atoms with Crippen molar-refractivity contribution in [2.24, 2.45) is 5.41 Å². The highest BCUT2D eigenvalue weighted by Gasteiger charge is 2.63. The number of carbonyl (C=O) groups excluding carboxylic acids is 1. The van der Waals surface area contributed by atoms with Gasteiger partial charge in [-0.3, -0.25) is 9.69 Å². The van der Waals surface area contributed by atoms with Crippen molar-refractivity contribution in [2.45, 2.75) is 63.2 Å². The van der Waals surface area contributed by atoms with E-state index in [1.165, 1.54) is 18.4 Å². The summed E-state index contributed by atoms with van der Waals surface area (Å²) in [6, 6.07) is 20.1. The predicted molar refractivity (Wildman–Crippen MR) is 131 cm³/mol. The molecule has 1 aliphatic carbocycles. The molecule has 2 bridgehead atoms. The second-order valence-electron chi connectivity index (χ2n) is 10.5. The van der Waals surface area contributed by atoms with Gasteiger partial charge in [-0.15, -0.1) is 0 Å². The third kappa shape index (κ3) is 3.05. The van der Waals surface area contributed by atoms with Crippen molar-refractivity contribution in [2.75, 3.05) is 14.2 Å².